The van der Waals surface area contributed by atoms with E-state index < -0.39 is 0 Å². The van der Waals surface area contributed by atoms with E-state index in [-0.39, 0.29) is 5.54 Å². The molecule has 0 amide bonds. The first-order chi connectivity index (χ1) is 5.64. The molecule has 0 saturated heterocycles. The highest BCUT2D eigenvalue weighted by Crippen LogP contribution is 2.06. The summed E-state index contributed by atoms with van der Waals surface area (Å²) in [6.07, 6.45) is 3.39. The van der Waals surface area contributed by atoms with Crippen LogP contribution in [0.3, 0.4) is 0 Å². The molecule has 1 aromatic rings. The van der Waals surface area contributed by atoms with Crippen LogP contribution in [0.2, 0.25) is 0 Å². The van der Waals surface area contributed by atoms with Crippen molar-refractivity contribution in [1.29, 1.82) is 0 Å². The van der Waals surface area contributed by atoms with E-state index in [2.05, 4.69) is 15.3 Å². The summed E-state index contributed by atoms with van der Waals surface area (Å²) in [4.78, 5) is 8.07. The van der Waals surface area contributed by atoms with Crippen molar-refractivity contribution >= 4 is 5.95 Å². The lowest BCUT2D eigenvalue weighted by atomic mass is 10.1. The molecule has 0 atom stereocenters. The van der Waals surface area contributed by atoms with Crippen LogP contribution in [0.1, 0.15) is 13.8 Å². The predicted octanol–water partition coefficient (Wildman–Crippen LogP) is 0.626. The van der Waals surface area contributed by atoms with Crippen molar-refractivity contribution in [3.63, 3.8) is 0 Å². The van der Waals surface area contributed by atoms with Gasteiger partial charge in [-0.2, -0.15) is 0 Å². The number of nitrogens with one attached hydrogen (secondary N) is 1. The molecular formula is C8H14N4. The zero-order valence-electron chi connectivity index (χ0n) is 7.41. The fourth-order valence-electron chi connectivity index (χ4n) is 0.717. The standard InChI is InChI=1S/C8H14N4/c1-8(2,6-9)12-7-10-4-3-5-11-7/h3-5H,6,9H2,1-2H3,(H,10,11,12). The van der Waals surface area contributed by atoms with Gasteiger partial charge in [-0.25, -0.2) is 9.97 Å². The van der Waals surface area contributed by atoms with Gasteiger partial charge in [-0.05, 0) is 19.9 Å². The van der Waals surface area contributed by atoms with Gasteiger partial charge in [0, 0.05) is 24.5 Å². The molecule has 0 unspecified atom stereocenters. The number of anilines is 1. The predicted molar refractivity (Wildman–Crippen MR) is 48.8 cm³/mol. The maximum absolute atomic E-state index is 5.54. The molecule has 66 valence electrons. The molecule has 0 spiro atoms. The zero-order valence-corrected chi connectivity index (χ0v) is 7.41. The Kier molecular flexibility index (Phi) is 2.60. The Labute approximate surface area is 72.2 Å². The van der Waals surface area contributed by atoms with Gasteiger partial charge in [0.2, 0.25) is 5.95 Å². The molecule has 0 aliphatic carbocycles. The summed E-state index contributed by atoms with van der Waals surface area (Å²) < 4.78 is 0. The van der Waals surface area contributed by atoms with Crippen molar-refractivity contribution in [2.75, 3.05) is 11.9 Å². The SMILES string of the molecule is CC(C)(CN)Nc1ncccn1. The number of hydrogen-bond acceptors (Lipinski definition) is 4. The number of rotatable bonds is 3. The average molecular weight is 166 g/mol. The van der Waals surface area contributed by atoms with Gasteiger partial charge in [-0.1, -0.05) is 0 Å². The van der Waals surface area contributed by atoms with Crippen molar-refractivity contribution in [2.45, 2.75) is 19.4 Å². The molecule has 3 N–H and O–H groups in total. The molecule has 4 nitrogen and oxygen atoms in total. The van der Waals surface area contributed by atoms with Crippen LogP contribution in [0, 0.1) is 0 Å². The molecule has 1 rings (SSSR count). The first-order valence-corrected chi connectivity index (χ1v) is 3.89. The molecule has 0 radical (unpaired) electrons. The number of nitrogens with two attached hydrogens (primary N) is 1. The molecule has 4 heteroatoms. The minimum absolute atomic E-state index is 0.151. The topological polar surface area (TPSA) is 63.8 Å². The van der Waals surface area contributed by atoms with Gasteiger partial charge >= 0.3 is 0 Å². The molecule has 0 aliphatic heterocycles. The normalized spacial score (nSPS) is 11.2. The van der Waals surface area contributed by atoms with E-state index in [9.17, 15) is 0 Å². The molecule has 12 heavy (non-hydrogen) atoms. The number of nitrogens with zero attached hydrogens (tertiary/aromatic N) is 2. The second-order valence-corrected chi connectivity index (χ2v) is 3.29. The second kappa shape index (κ2) is 3.49. The summed E-state index contributed by atoms with van der Waals surface area (Å²) >= 11 is 0. The highest BCUT2D eigenvalue weighted by Gasteiger charge is 2.15. The zero-order chi connectivity index (χ0) is 9.03. The van der Waals surface area contributed by atoms with Gasteiger partial charge in [-0.15, -0.1) is 0 Å². The van der Waals surface area contributed by atoms with Crippen LogP contribution in [-0.2, 0) is 0 Å². The van der Waals surface area contributed by atoms with Crippen molar-refractivity contribution in [1.82, 2.24) is 9.97 Å². The van der Waals surface area contributed by atoms with Crippen LogP contribution >= 0.6 is 0 Å². The summed E-state index contributed by atoms with van der Waals surface area (Å²) in [6, 6.07) is 1.78. The summed E-state index contributed by atoms with van der Waals surface area (Å²) in [7, 11) is 0. The van der Waals surface area contributed by atoms with Gasteiger partial charge in [0.1, 0.15) is 0 Å². The Bertz CT molecular complexity index is 232. The lowest BCUT2D eigenvalue weighted by Crippen LogP contribution is -2.39. The molecule has 0 fully saturated rings. The largest absolute Gasteiger partial charge is 0.348 e. The summed E-state index contributed by atoms with van der Waals surface area (Å²) in [5.41, 5.74) is 5.38. The Morgan fingerprint density at radius 1 is 1.42 bits per heavy atom. The average Bonchev–Trinajstić information content (AvgIpc) is 2.06. The summed E-state index contributed by atoms with van der Waals surface area (Å²) in [5.74, 6) is 0.618. The third kappa shape index (κ3) is 2.47. The number of hydrogen-bond donors (Lipinski definition) is 2. The summed E-state index contributed by atoms with van der Waals surface area (Å²) in [5, 5.41) is 3.12. The maximum Gasteiger partial charge on any atom is 0.223 e. The third-order valence-corrected chi connectivity index (χ3v) is 1.53. The van der Waals surface area contributed by atoms with Crippen molar-refractivity contribution < 1.29 is 0 Å². The molecule has 0 saturated carbocycles. The maximum atomic E-state index is 5.54. The Hall–Kier alpha value is -1.16. The first-order valence-electron chi connectivity index (χ1n) is 3.89. The quantitative estimate of drug-likeness (QED) is 0.691. The van der Waals surface area contributed by atoms with Gasteiger partial charge < -0.3 is 11.1 Å². The number of aromatic nitrogens is 2. The smallest absolute Gasteiger partial charge is 0.223 e. The monoisotopic (exact) mass is 166 g/mol. The van der Waals surface area contributed by atoms with Crippen molar-refractivity contribution in [3.8, 4) is 0 Å². The second-order valence-electron chi connectivity index (χ2n) is 3.29. The molecule has 0 aromatic carbocycles. The Morgan fingerprint density at radius 2 is 2.00 bits per heavy atom. The van der Waals surface area contributed by atoms with Crippen molar-refractivity contribution in [3.05, 3.63) is 18.5 Å². The van der Waals surface area contributed by atoms with E-state index in [1.807, 2.05) is 13.8 Å². The summed E-state index contributed by atoms with van der Waals surface area (Å²) in [6.45, 7) is 4.55. The molecule has 0 aliphatic rings. The lowest BCUT2D eigenvalue weighted by Gasteiger charge is -2.23. The van der Waals surface area contributed by atoms with E-state index in [4.69, 9.17) is 5.73 Å². The van der Waals surface area contributed by atoms with E-state index in [1.54, 1.807) is 18.5 Å². The van der Waals surface area contributed by atoms with Crippen LogP contribution < -0.4 is 11.1 Å². The van der Waals surface area contributed by atoms with E-state index in [0.717, 1.165) is 0 Å². The van der Waals surface area contributed by atoms with Gasteiger partial charge in [0.05, 0.1) is 0 Å². The van der Waals surface area contributed by atoms with E-state index >= 15 is 0 Å². The Morgan fingerprint density at radius 3 is 2.50 bits per heavy atom. The van der Waals surface area contributed by atoms with Gasteiger partial charge in [0.15, 0.2) is 0 Å². The minimum atomic E-state index is -0.151. The third-order valence-electron chi connectivity index (χ3n) is 1.53. The minimum Gasteiger partial charge on any atom is -0.348 e. The van der Waals surface area contributed by atoms with Crippen LogP contribution in [0.5, 0.6) is 0 Å². The van der Waals surface area contributed by atoms with E-state index in [0.29, 0.717) is 12.5 Å². The fourth-order valence-corrected chi connectivity index (χ4v) is 0.717. The Balaban J connectivity index is 2.64. The van der Waals surface area contributed by atoms with Gasteiger partial charge in [-0.3, -0.25) is 0 Å². The van der Waals surface area contributed by atoms with Crippen molar-refractivity contribution in [2.24, 2.45) is 5.73 Å². The van der Waals surface area contributed by atoms with Crippen LogP contribution in [0.4, 0.5) is 5.95 Å². The highest BCUT2D eigenvalue weighted by molar-refractivity contribution is 5.26. The van der Waals surface area contributed by atoms with E-state index in [1.165, 1.54) is 0 Å². The first kappa shape index (κ1) is 8.93. The highest BCUT2D eigenvalue weighted by atomic mass is 15.1. The van der Waals surface area contributed by atoms with Gasteiger partial charge in [0.25, 0.3) is 0 Å². The fraction of sp³-hybridized carbons (Fsp3) is 0.500. The van der Waals surface area contributed by atoms with Crippen LogP contribution in [-0.4, -0.2) is 22.1 Å². The lowest BCUT2D eigenvalue weighted by molar-refractivity contribution is 0.574. The molecule has 1 aromatic heterocycles. The molecule has 0 bridgehead atoms. The molecule has 1 heterocycles. The van der Waals surface area contributed by atoms with Crippen LogP contribution in [0.25, 0.3) is 0 Å². The van der Waals surface area contributed by atoms with Crippen LogP contribution in [0.15, 0.2) is 18.5 Å². The molecular weight excluding hydrogens is 152 g/mol.